The third-order valence-electron chi connectivity index (χ3n) is 4.35. The molecule has 1 saturated carbocycles. The van der Waals surface area contributed by atoms with Gasteiger partial charge >= 0.3 is 0 Å². The van der Waals surface area contributed by atoms with Crippen molar-refractivity contribution in [3.8, 4) is 5.75 Å². The quantitative estimate of drug-likeness (QED) is 0.816. The topological polar surface area (TPSA) is 73.6 Å². The van der Waals surface area contributed by atoms with Crippen LogP contribution in [0.5, 0.6) is 5.75 Å². The Labute approximate surface area is 125 Å². The number of methoxy groups -OCH3 is 1. The summed E-state index contributed by atoms with van der Waals surface area (Å²) in [5, 5.41) is 3.07. The zero-order valence-corrected chi connectivity index (χ0v) is 13.1. The lowest BCUT2D eigenvalue weighted by molar-refractivity contribution is -0.111. The maximum absolute atomic E-state index is 12.3. The molecule has 1 aliphatic carbocycles. The van der Waals surface area contributed by atoms with Gasteiger partial charge in [0, 0.05) is 23.6 Å². The first kappa shape index (κ1) is 15.6. The van der Waals surface area contributed by atoms with Gasteiger partial charge in [-0.2, -0.15) is 0 Å². The van der Waals surface area contributed by atoms with Gasteiger partial charge in [0.05, 0.1) is 18.9 Å². The second kappa shape index (κ2) is 5.93. The summed E-state index contributed by atoms with van der Waals surface area (Å²) in [6, 6.07) is 5.17. The number of benzene rings is 1. The van der Waals surface area contributed by atoms with E-state index in [1.165, 1.54) is 7.11 Å². The number of hydrogen-bond donors (Lipinski definition) is 2. The first-order chi connectivity index (χ1) is 9.90. The minimum atomic E-state index is -0.110. The van der Waals surface area contributed by atoms with Crippen LogP contribution < -0.4 is 15.8 Å². The lowest BCUT2D eigenvalue weighted by atomic mass is 9.64. The average Bonchev–Trinajstić information content (AvgIpc) is 2.46. The normalized spacial score (nSPS) is 23.2. The fourth-order valence-corrected chi connectivity index (χ4v) is 2.71. The second-order valence-corrected chi connectivity index (χ2v) is 5.98. The van der Waals surface area contributed by atoms with Gasteiger partial charge in [-0.15, -0.1) is 0 Å². The maximum atomic E-state index is 12.3. The third-order valence-corrected chi connectivity index (χ3v) is 4.35. The van der Waals surface area contributed by atoms with Gasteiger partial charge < -0.3 is 20.5 Å². The van der Waals surface area contributed by atoms with E-state index in [1.807, 2.05) is 6.92 Å². The van der Waals surface area contributed by atoms with E-state index in [4.69, 9.17) is 15.2 Å². The lowest BCUT2D eigenvalue weighted by Crippen LogP contribution is -2.62. The highest BCUT2D eigenvalue weighted by Crippen LogP contribution is 2.42. The summed E-state index contributed by atoms with van der Waals surface area (Å²) in [7, 11) is 1.54. The van der Waals surface area contributed by atoms with E-state index in [0.29, 0.717) is 23.6 Å². The van der Waals surface area contributed by atoms with Crippen molar-refractivity contribution in [2.75, 3.05) is 19.5 Å². The molecular weight excluding hydrogens is 268 g/mol. The van der Waals surface area contributed by atoms with Crippen molar-refractivity contribution in [3.05, 3.63) is 23.8 Å². The smallest absolute Gasteiger partial charge is 0.251 e. The van der Waals surface area contributed by atoms with Crippen LogP contribution in [-0.2, 0) is 4.74 Å². The highest BCUT2D eigenvalue weighted by molar-refractivity contribution is 5.95. The Balaban J connectivity index is 2.03. The molecule has 2 unspecified atom stereocenters. The molecule has 1 aromatic rings. The zero-order valence-electron chi connectivity index (χ0n) is 13.1. The molecule has 1 fully saturated rings. The van der Waals surface area contributed by atoms with Gasteiger partial charge in [-0.25, -0.2) is 0 Å². The molecular formula is C16H24N2O3. The van der Waals surface area contributed by atoms with E-state index in [0.717, 1.165) is 6.42 Å². The van der Waals surface area contributed by atoms with Crippen molar-refractivity contribution in [2.24, 2.45) is 5.41 Å². The fourth-order valence-electron chi connectivity index (χ4n) is 2.71. The van der Waals surface area contributed by atoms with Crippen molar-refractivity contribution >= 4 is 11.6 Å². The van der Waals surface area contributed by atoms with Crippen molar-refractivity contribution in [1.29, 1.82) is 0 Å². The van der Waals surface area contributed by atoms with E-state index in [9.17, 15) is 4.79 Å². The van der Waals surface area contributed by atoms with Gasteiger partial charge in [-0.3, -0.25) is 4.79 Å². The predicted octanol–water partition coefficient (Wildman–Crippen LogP) is 2.21. The van der Waals surface area contributed by atoms with Crippen LogP contribution in [0.25, 0.3) is 0 Å². The van der Waals surface area contributed by atoms with E-state index < -0.39 is 0 Å². The Morgan fingerprint density at radius 1 is 1.48 bits per heavy atom. The largest absolute Gasteiger partial charge is 0.495 e. The summed E-state index contributed by atoms with van der Waals surface area (Å²) < 4.78 is 10.8. The third kappa shape index (κ3) is 2.97. The van der Waals surface area contributed by atoms with Crippen LogP contribution in [0.1, 0.15) is 37.6 Å². The molecule has 21 heavy (non-hydrogen) atoms. The van der Waals surface area contributed by atoms with Crippen LogP contribution in [-0.4, -0.2) is 31.8 Å². The molecule has 0 radical (unpaired) electrons. The van der Waals surface area contributed by atoms with Crippen molar-refractivity contribution in [3.63, 3.8) is 0 Å². The Morgan fingerprint density at radius 3 is 2.76 bits per heavy atom. The van der Waals surface area contributed by atoms with E-state index in [-0.39, 0.29) is 23.5 Å². The number of nitrogens with two attached hydrogens (primary N) is 1. The van der Waals surface area contributed by atoms with Crippen LogP contribution in [0.15, 0.2) is 18.2 Å². The zero-order chi connectivity index (χ0) is 15.6. The number of nitrogen functional groups attached to an aromatic ring is 1. The first-order valence-corrected chi connectivity index (χ1v) is 7.26. The molecule has 0 aromatic heterocycles. The number of ether oxygens (including phenoxy) is 2. The van der Waals surface area contributed by atoms with Crippen molar-refractivity contribution < 1.29 is 14.3 Å². The molecule has 3 N–H and O–H groups in total. The van der Waals surface area contributed by atoms with Gasteiger partial charge in [0.2, 0.25) is 0 Å². The predicted molar refractivity (Wildman–Crippen MR) is 82.5 cm³/mol. The van der Waals surface area contributed by atoms with Gasteiger partial charge in [0.25, 0.3) is 5.91 Å². The molecule has 5 heteroatoms. The molecule has 2 rings (SSSR count). The van der Waals surface area contributed by atoms with Crippen molar-refractivity contribution in [2.45, 2.75) is 39.3 Å². The molecule has 2 atom stereocenters. The van der Waals surface area contributed by atoms with E-state index in [1.54, 1.807) is 18.2 Å². The Morgan fingerprint density at radius 2 is 2.19 bits per heavy atom. The Hall–Kier alpha value is -1.75. The number of hydrogen-bond acceptors (Lipinski definition) is 4. The lowest BCUT2D eigenvalue weighted by Gasteiger charge is -2.51. The highest BCUT2D eigenvalue weighted by atomic mass is 16.5. The summed E-state index contributed by atoms with van der Waals surface area (Å²) >= 11 is 0. The van der Waals surface area contributed by atoms with Gasteiger partial charge in [0.15, 0.2) is 0 Å². The molecule has 0 bridgehead atoms. The molecule has 5 nitrogen and oxygen atoms in total. The SMILES string of the molecule is CCOC1CC(NC(=O)c2ccc(N)c(OC)c2)C1(C)C. The number of nitrogens with one attached hydrogen (secondary N) is 1. The maximum Gasteiger partial charge on any atom is 0.251 e. The van der Waals surface area contributed by atoms with Crippen molar-refractivity contribution in [1.82, 2.24) is 5.32 Å². The van der Waals surface area contributed by atoms with Crippen LogP contribution in [0, 0.1) is 5.41 Å². The Kier molecular flexibility index (Phi) is 4.42. The summed E-state index contributed by atoms with van der Waals surface area (Å²) in [5.41, 5.74) is 6.78. The van der Waals surface area contributed by atoms with E-state index >= 15 is 0 Å². The average molecular weight is 292 g/mol. The molecule has 0 spiro atoms. The van der Waals surface area contributed by atoms with Crippen LogP contribution in [0.4, 0.5) is 5.69 Å². The molecule has 1 aliphatic rings. The van der Waals surface area contributed by atoms with Gasteiger partial charge in [-0.1, -0.05) is 13.8 Å². The van der Waals surface area contributed by atoms with Crippen LogP contribution in [0.3, 0.4) is 0 Å². The molecule has 0 saturated heterocycles. The van der Waals surface area contributed by atoms with Crippen LogP contribution in [0.2, 0.25) is 0 Å². The first-order valence-electron chi connectivity index (χ1n) is 7.26. The number of carbonyl (C=O) groups is 1. The monoisotopic (exact) mass is 292 g/mol. The number of carbonyl (C=O) groups excluding carboxylic acids is 1. The summed E-state index contributed by atoms with van der Waals surface area (Å²) in [6.07, 6.45) is 1.05. The number of anilines is 1. The molecule has 0 heterocycles. The fraction of sp³-hybridized carbons (Fsp3) is 0.562. The van der Waals surface area contributed by atoms with E-state index in [2.05, 4.69) is 19.2 Å². The number of amides is 1. The highest BCUT2D eigenvalue weighted by Gasteiger charge is 2.49. The molecule has 1 aromatic carbocycles. The van der Waals surface area contributed by atoms with Gasteiger partial charge in [0.1, 0.15) is 5.75 Å². The Bertz CT molecular complexity index is 528. The minimum Gasteiger partial charge on any atom is -0.495 e. The molecule has 116 valence electrons. The molecule has 0 aliphatic heterocycles. The van der Waals surface area contributed by atoms with Gasteiger partial charge in [-0.05, 0) is 31.5 Å². The van der Waals surface area contributed by atoms with Crippen LogP contribution >= 0.6 is 0 Å². The second-order valence-electron chi connectivity index (χ2n) is 5.98. The summed E-state index contributed by atoms with van der Waals surface area (Å²) in [4.78, 5) is 12.3. The number of rotatable bonds is 5. The summed E-state index contributed by atoms with van der Waals surface area (Å²) in [6.45, 7) is 6.92. The minimum absolute atomic E-state index is 0.0520. The summed E-state index contributed by atoms with van der Waals surface area (Å²) in [5.74, 6) is 0.407. The molecule has 1 amide bonds. The standard InChI is InChI=1S/C16H24N2O3/c1-5-21-14-9-13(16(14,2)3)18-15(19)10-6-7-11(17)12(8-10)20-4/h6-8,13-14H,5,9,17H2,1-4H3,(H,18,19).